The van der Waals surface area contributed by atoms with Crippen LogP contribution in [0.2, 0.25) is 0 Å². The zero-order valence-corrected chi connectivity index (χ0v) is 17.8. The number of hydrogen-bond donors (Lipinski definition) is 2. The van der Waals surface area contributed by atoms with E-state index in [9.17, 15) is 9.59 Å². The SMILES string of the molecule is CC(OCCc1ccccc1COC(N)=O)N1CCCC1NC(=O)OC(C)(C)C. The summed E-state index contributed by atoms with van der Waals surface area (Å²) >= 11 is 0. The third-order valence-electron chi connectivity index (χ3n) is 4.66. The lowest BCUT2D eigenvalue weighted by Gasteiger charge is -2.31. The van der Waals surface area contributed by atoms with E-state index in [1.807, 2.05) is 52.0 Å². The molecule has 2 amide bonds. The molecule has 1 aromatic carbocycles. The number of carbonyl (C=O) groups excluding carboxylic acids is 2. The van der Waals surface area contributed by atoms with Crippen molar-refractivity contribution < 1.29 is 23.8 Å². The first-order valence-electron chi connectivity index (χ1n) is 10.0. The quantitative estimate of drug-likeness (QED) is 0.686. The molecule has 2 unspecified atom stereocenters. The second-order valence-electron chi connectivity index (χ2n) is 8.14. The van der Waals surface area contributed by atoms with Crippen molar-refractivity contribution in [2.24, 2.45) is 5.73 Å². The Hall–Kier alpha value is -2.32. The van der Waals surface area contributed by atoms with Crippen LogP contribution in [0.3, 0.4) is 0 Å². The lowest BCUT2D eigenvalue weighted by atomic mass is 10.1. The molecule has 3 N–H and O–H groups in total. The van der Waals surface area contributed by atoms with E-state index in [4.69, 9.17) is 19.9 Å². The van der Waals surface area contributed by atoms with Gasteiger partial charge in [0.25, 0.3) is 0 Å². The van der Waals surface area contributed by atoms with Crippen LogP contribution in [0.5, 0.6) is 0 Å². The third kappa shape index (κ3) is 7.91. The standard InChI is InChI=1S/C21H33N3O5/c1-15(24-12-7-10-18(24)23-20(26)29-21(2,3)4)27-13-11-16-8-5-6-9-17(16)14-28-19(22)25/h5-6,8-9,15,18H,7,10-14H2,1-4H3,(H2,22,25)(H,23,26). The number of hydrogen-bond acceptors (Lipinski definition) is 6. The van der Waals surface area contributed by atoms with Crippen LogP contribution in [0.4, 0.5) is 9.59 Å². The van der Waals surface area contributed by atoms with E-state index < -0.39 is 17.8 Å². The minimum atomic E-state index is -0.790. The van der Waals surface area contributed by atoms with Crippen molar-refractivity contribution in [2.45, 2.75) is 71.6 Å². The van der Waals surface area contributed by atoms with Gasteiger partial charge in [-0.1, -0.05) is 24.3 Å². The maximum absolute atomic E-state index is 12.1. The topological polar surface area (TPSA) is 103 Å². The normalized spacial score (nSPS) is 18.3. The molecule has 0 radical (unpaired) electrons. The van der Waals surface area contributed by atoms with Gasteiger partial charge < -0.3 is 25.3 Å². The monoisotopic (exact) mass is 407 g/mol. The Morgan fingerprint density at radius 2 is 1.97 bits per heavy atom. The molecule has 8 nitrogen and oxygen atoms in total. The fourth-order valence-electron chi connectivity index (χ4n) is 3.35. The molecular weight excluding hydrogens is 374 g/mol. The van der Waals surface area contributed by atoms with Gasteiger partial charge in [0.05, 0.1) is 12.8 Å². The molecule has 0 bridgehead atoms. The van der Waals surface area contributed by atoms with Gasteiger partial charge in [0.2, 0.25) is 0 Å². The van der Waals surface area contributed by atoms with Crippen LogP contribution in [0.25, 0.3) is 0 Å². The highest BCUT2D eigenvalue weighted by atomic mass is 16.6. The van der Waals surface area contributed by atoms with Crippen LogP contribution in [0, 0.1) is 0 Å². The van der Waals surface area contributed by atoms with Crippen molar-refractivity contribution >= 4 is 12.2 Å². The van der Waals surface area contributed by atoms with E-state index in [2.05, 4.69) is 10.2 Å². The largest absolute Gasteiger partial charge is 0.445 e. The van der Waals surface area contributed by atoms with E-state index in [1.165, 1.54) is 0 Å². The molecule has 0 spiro atoms. The number of carbonyl (C=O) groups is 2. The summed E-state index contributed by atoms with van der Waals surface area (Å²) in [6.45, 7) is 9.02. The van der Waals surface area contributed by atoms with E-state index >= 15 is 0 Å². The lowest BCUT2D eigenvalue weighted by molar-refractivity contribution is -0.0585. The highest BCUT2D eigenvalue weighted by Gasteiger charge is 2.31. The summed E-state index contributed by atoms with van der Waals surface area (Å²) < 4.78 is 16.3. The van der Waals surface area contributed by atoms with Gasteiger partial charge in [0.15, 0.2) is 0 Å². The van der Waals surface area contributed by atoms with Gasteiger partial charge >= 0.3 is 12.2 Å². The number of primary amides is 1. The number of ether oxygens (including phenoxy) is 3. The Labute approximate surface area is 172 Å². The predicted octanol–water partition coefficient (Wildman–Crippen LogP) is 3.13. The third-order valence-corrected chi connectivity index (χ3v) is 4.66. The fourth-order valence-corrected chi connectivity index (χ4v) is 3.35. The summed E-state index contributed by atoms with van der Waals surface area (Å²) in [4.78, 5) is 25.1. The summed E-state index contributed by atoms with van der Waals surface area (Å²) in [5.74, 6) is 0. The Bertz CT molecular complexity index is 689. The van der Waals surface area contributed by atoms with E-state index in [-0.39, 0.29) is 19.0 Å². The zero-order valence-electron chi connectivity index (χ0n) is 17.8. The Kier molecular flexibility index (Phi) is 8.28. The number of nitrogens with zero attached hydrogens (tertiary/aromatic N) is 1. The van der Waals surface area contributed by atoms with Gasteiger partial charge in [-0.05, 0) is 58.1 Å². The van der Waals surface area contributed by atoms with Gasteiger partial charge in [-0.25, -0.2) is 9.59 Å². The van der Waals surface area contributed by atoms with Crippen LogP contribution in [-0.4, -0.2) is 48.2 Å². The molecule has 0 saturated carbocycles. The molecule has 8 heteroatoms. The van der Waals surface area contributed by atoms with E-state index in [1.54, 1.807) is 0 Å². The van der Waals surface area contributed by atoms with Crippen LogP contribution >= 0.6 is 0 Å². The van der Waals surface area contributed by atoms with Crippen molar-refractivity contribution in [3.8, 4) is 0 Å². The molecule has 0 aromatic heterocycles. The first kappa shape index (κ1) is 23.0. The minimum absolute atomic E-state index is 0.101. The molecule has 29 heavy (non-hydrogen) atoms. The summed E-state index contributed by atoms with van der Waals surface area (Å²) in [5, 5.41) is 2.94. The molecular formula is C21H33N3O5. The summed E-state index contributed by atoms with van der Waals surface area (Å²) in [6.07, 6.45) is 1.08. The zero-order chi connectivity index (χ0) is 21.4. The molecule has 1 heterocycles. The van der Waals surface area contributed by atoms with Crippen LogP contribution < -0.4 is 11.1 Å². The number of nitrogens with two attached hydrogens (primary N) is 1. The molecule has 1 aromatic rings. The van der Waals surface area contributed by atoms with Gasteiger partial charge in [0.1, 0.15) is 18.4 Å². The smallest absolute Gasteiger partial charge is 0.408 e. The number of alkyl carbamates (subject to hydrolysis) is 1. The molecule has 2 atom stereocenters. The van der Waals surface area contributed by atoms with Crippen LogP contribution in [0.15, 0.2) is 24.3 Å². The van der Waals surface area contributed by atoms with Crippen molar-refractivity contribution in [1.82, 2.24) is 10.2 Å². The molecule has 1 saturated heterocycles. The number of nitrogens with one attached hydrogen (secondary N) is 1. The summed E-state index contributed by atoms with van der Waals surface area (Å²) in [7, 11) is 0. The maximum Gasteiger partial charge on any atom is 0.408 e. The molecule has 2 rings (SSSR count). The Morgan fingerprint density at radius 3 is 2.62 bits per heavy atom. The van der Waals surface area contributed by atoms with Crippen molar-refractivity contribution in [3.05, 3.63) is 35.4 Å². The highest BCUT2D eigenvalue weighted by Crippen LogP contribution is 2.20. The highest BCUT2D eigenvalue weighted by molar-refractivity contribution is 5.68. The fraction of sp³-hybridized carbons (Fsp3) is 0.619. The lowest BCUT2D eigenvalue weighted by Crippen LogP contribution is -2.50. The molecule has 1 fully saturated rings. The molecule has 0 aliphatic carbocycles. The Morgan fingerprint density at radius 1 is 1.28 bits per heavy atom. The van der Waals surface area contributed by atoms with Crippen molar-refractivity contribution in [2.75, 3.05) is 13.2 Å². The van der Waals surface area contributed by atoms with Crippen molar-refractivity contribution in [3.63, 3.8) is 0 Å². The first-order chi connectivity index (χ1) is 13.7. The maximum atomic E-state index is 12.1. The van der Waals surface area contributed by atoms with Crippen LogP contribution in [-0.2, 0) is 27.2 Å². The second kappa shape index (κ2) is 10.5. The Balaban J connectivity index is 1.83. The summed E-state index contributed by atoms with van der Waals surface area (Å²) in [6, 6.07) is 7.72. The second-order valence-corrected chi connectivity index (χ2v) is 8.14. The van der Waals surface area contributed by atoms with Gasteiger partial charge in [0, 0.05) is 6.54 Å². The minimum Gasteiger partial charge on any atom is -0.445 e. The van der Waals surface area contributed by atoms with Gasteiger partial charge in [-0.15, -0.1) is 0 Å². The average molecular weight is 408 g/mol. The van der Waals surface area contributed by atoms with Crippen LogP contribution in [0.1, 0.15) is 51.7 Å². The number of likely N-dealkylation sites (tertiary alicyclic amines) is 1. The number of amides is 2. The number of benzene rings is 1. The number of rotatable bonds is 8. The summed E-state index contributed by atoms with van der Waals surface area (Å²) in [5.41, 5.74) is 6.48. The van der Waals surface area contributed by atoms with Gasteiger partial charge in [-0.3, -0.25) is 4.90 Å². The molecule has 1 aliphatic heterocycles. The predicted molar refractivity (Wildman–Crippen MR) is 109 cm³/mol. The van der Waals surface area contributed by atoms with Gasteiger partial charge in [-0.2, -0.15) is 0 Å². The first-order valence-corrected chi connectivity index (χ1v) is 10.0. The molecule has 1 aliphatic rings. The van der Waals surface area contributed by atoms with Crippen molar-refractivity contribution in [1.29, 1.82) is 0 Å². The van der Waals surface area contributed by atoms with E-state index in [0.717, 1.165) is 30.5 Å². The molecule has 162 valence electrons. The average Bonchev–Trinajstić information content (AvgIpc) is 3.07. The van der Waals surface area contributed by atoms with E-state index in [0.29, 0.717) is 13.0 Å².